The van der Waals surface area contributed by atoms with E-state index in [1.165, 1.54) is 0 Å². The Morgan fingerprint density at radius 3 is 2.61 bits per heavy atom. The summed E-state index contributed by atoms with van der Waals surface area (Å²) in [6, 6.07) is 5.54. The highest BCUT2D eigenvalue weighted by Gasteiger charge is 2.21. The van der Waals surface area contributed by atoms with E-state index < -0.39 is 24.4 Å². The van der Waals surface area contributed by atoms with Crippen molar-refractivity contribution in [3.05, 3.63) is 29.3 Å². The molecule has 0 aliphatic heterocycles. The number of anilines is 1. The third-order valence-corrected chi connectivity index (χ3v) is 2.30. The van der Waals surface area contributed by atoms with Gasteiger partial charge in [-0.25, -0.2) is 4.79 Å². The van der Waals surface area contributed by atoms with Crippen molar-refractivity contribution < 1.29 is 19.8 Å². The third kappa shape index (κ3) is 3.49. The molecule has 6 nitrogen and oxygen atoms in total. The lowest BCUT2D eigenvalue weighted by atomic mass is 10.1. The molecule has 6 heteroatoms. The first-order chi connectivity index (χ1) is 8.43. The summed E-state index contributed by atoms with van der Waals surface area (Å²) in [4.78, 5) is 21.4. The summed E-state index contributed by atoms with van der Waals surface area (Å²) < 4.78 is 0. The normalized spacial score (nSPS) is 11.3. The Labute approximate surface area is 103 Å². The molecule has 0 aliphatic carbocycles. The van der Waals surface area contributed by atoms with Gasteiger partial charge in [-0.2, -0.15) is 5.26 Å². The second-order valence-electron chi connectivity index (χ2n) is 3.79. The molecule has 0 bridgehead atoms. The molecule has 3 N–H and O–H groups in total. The maximum absolute atomic E-state index is 10.9. The number of aliphatic carboxylic acids is 2. The van der Waals surface area contributed by atoms with Gasteiger partial charge in [0.15, 0.2) is 0 Å². The second-order valence-corrected chi connectivity index (χ2v) is 3.79. The van der Waals surface area contributed by atoms with Crippen LogP contribution in [0.15, 0.2) is 18.2 Å². The highest BCUT2D eigenvalue weighted by molar-refractivity contribution is 5.84. The summed E-state index contributed by atoms with van der Waals surface area (Å²) in [5, 5.41) is 29.0. The zero-order valence-electron chi connectivity index (χ0n) is 9.67. The lowest BCUT2D eigenvalue weighted by molar-refractivity contribution is -0.144. The Morgan fingerprint density at radius 1 is 1.44 bits per heavy atom. The van der Waals surface area contributed by atoms with E-state index in [4.69, 9.17) is 15.5 Å². The third-order valence-electron chi connectivity index (χ3n) is 2.30. The van der Waals surface area contributed by atoms with Crippen LogP contribution in [0.5, 0.6) is 0 Å². The molecule has 0 spiro atoms. The van der Waals surface area contributed by atoms with Crippen LogP contribution in [0, 0.1) is 18.3 Å². The van der Waals surface area contributed by atoms with Gasteiger partial charge in [-0.1, -0.05) is 6.07 Å². The van der Waals surface area contributed by atoms with E-state index in [0.717, 1.165) is 5.56 Å². The smallest absolute Gasteiger partial charge is 0.326 e. The summed E-state index contributed by atoms with van der Waals surface area (Å²) in [5.41, 5.74) is 1.46. The molecule has 0 amide bonds. The lowest BCUT2D eigenvalue weighted by Gasteiger charge is -2.15. The van der Waals surface area contributed by atoms with Crippen molar-refractivity contribution in [1.29, 1.82) is 5.26 Å². The van der Waals surface area contributed by atoms with E-state index in [1.54, 1.807) is 25.1 Å². The van der Waals surface area contributed by atoms with Crippen LogP contribution in [0.3, 0.4) is 0 Å². The minimum atomic E-state index is -1.28. The predicted molar refractivity (Wildman–Crippen MR) is 63.2 cm³/mol. The van der Waals surface area contributed by atoms with Crippen LogP contribution in [-0.2, 0) is 9.59 Å². The van der Waals surface area contributed by atoms with E-state index in [-0.39, 0.29) is 5.56 Å². The Morgan fingerprint density at radius 2 is 2.11 bits per heavy atom. The summed E-state index contributed by atoms with van der Waals surface area (Å²) in [5.74, 6) is -2.50. The molecular weight excluding hydrogens is 236 g/mol. The zero-order chi connectivity index (χ0) is 13.7. The number of benzene rings is 1. The van der Waals surface area contributed by atoms with Gasteiger partial charge in [0.05, 0.1) is 17.7 Å². The SMILES string of the molecule is Cc1ccc(NC(CC(=O)O)C(=O)O)c(C#N)c1. The number of nitriles is 1. The largest absolute Gasteiger partial charge is 0.481 e. The maximum atomic E-state index is 10.9. The number of nitrogens with zero attached hydrogens (tertiary/aromatic N) is 1. The fraction of sp³-hybridized carbons (Fsp3) is 0.250. The van der Waals surface area contributed by atoms with Crippen LogP contribution in [0.25, 0.3) is 0 Å². The van der Waals surface area contributed by atoms with Crippen molar-refractivity contribution in [1.82, 2.24) is 0 Å². The van der Waals surface area contributed by atoms with E-state index in [1.807, 2.05) is 6.07 Å². The average Bonchev–Trinajstić information content (AvgIpc) is 2.29. The van der Waals surface area contributed by atoms with Crippen LogP contribution in [-0.4, -0.2) is 28.2 Å². The number of rotatable bonds is 5. The Hall–Kier alpha value is -2.55. The molecule has 0 saturated carbocycles. The number of carboxylic acid groups (broad SMARTS) is 2. The van der Waals surface area contributed by atoms with Crippen molar-refractivity contribution in [3.8, 4) is 6.07 Å². The molecule has 1 aromatic carbocycles. The number of nitrogens with one attached hydrogen (secondary N) is 1. The number of aryl methyl sites for hydroxylation is 1. The molecule has 1 unspecified atom stereocenters. The number of hydrogen-bond acceptors (Lipinski definition) is 4. The predicted octanol–water partition coefficient (Wildman–Crippen LogP) is 1.21. The van der Waals surface area contributed by atoms with Gasteiger partial charge >= 0.3 is 11.9 Å². The van der Waals surface area contributed by atoms with Gasteiger partial charge in [0.1, 0.15) is 12.1 Å². The number of carboxylic acids is 2. The zero-order valence-corrected chi connectivity index (χ0v) is 9.67. The summed E-state index contributed by atoms with van der Waals surface area (Å²) in [6.45, 7) is 1.80. The highest BCUT2D eigenvalue weighted by atomic mass is 16.4. The van der Waals surface area contributed by atoms with Crippen LogP contribution in [0.4, 0.5) is 5.69 Å². The molecular formula is C12H12N2O4. The summed E-state index contributed by atoms with van der Waals surface area (Å²) in [7, 11) is 0. The van der Waals surface area contributed by atoms with E-state index in [9.17, 15) is 9.59 Å². The van der Waals surface area contributed by atoms with Crippen molar-refractivity contribution in [2.45, 2.75) is 19.4 Å². The van der Waals surface area contributed by atoms with Gasteiger partial charge in [-0.15, -0.1) is 0 Å². The first-order valence-corrected chi connectivity index (χ1v) is 5.16. The fourth-order valence-electron chi connectivity index (χ4n) is 1.44. The molecule has 0 aromatic heterocycles. The minimum Gasteiger partial charge on any atom is -0.481 e. The molecule has 18 heavy (non-hydrogen) atoms. The van der Waals surface area contributed by atoms with Crippen molar-refractivity contribution >= 4 is 17.6 Å². The Balaban J connectivity index is 2.97. The molecule has 1 aromatic rings. The molecule has 1 atom stereocenters. The van der Waals surface area contributed by atoms with Crippen LogP contribution in [0.2, 0.25) is 0 Å². The van der Waals surface area contributed by atoms with Gasteiger partial charge in [0.2, 0.25) is 0 Å². The summed E-state index contributed by atoms with van der Waals surface area (Å²) in [6.07, 6.45) is -0.561. The highest BCUT2D eigenvalue weighted by Crippen LogP contribution is 2.18. The molecule has 0 heterocycles. The lowest BCUT2D eigenvalue weighted by Crippen LogP contribution is -2.32. The summed E-state index contributed by atoms with van der Waals surface area (Å²) >= 11 is 0. The van der Waals surface area contributed by atoms with Crippen molar-refractivity contribution in [3.63, 3.8) is 0 Å². The standard InChI is InChI=1S/C12H12N2O4/c1-7-2-3-9(8(4-7)6-13)14-10(12(17)18)5-11(15)16/h2-4,10,14H,5H2,1H3,(H,15,16)(H,17,18). The quantitative estimate of drug-likeness (QED) is 0.722. The number of carbonyl (C=O) groups is 2. The molecule has 1 rings (SSSR count). The molecule has 0 saturated heterocycles. The monoisotopic (exact) mass is 248 g/mol. The number of hydrogen-bond donors (Lipinski definition) is 3. The maximum Gasteiger partial charge on any atom is 0.326 e. The Kier molecular flexibility index (Phi) is 4.27. The minimum absolute atomic E-state index is 0.284. The first kappa shape index (κ1) is 13.5. The van der Waals surface area contributed by atoms with Crippen LogP contribution >= 0.6 is 0 Å². The molecule has 94 valence electrons. The van der Waals surface area contributed by atoms with Crippen LogP contribution < -0.4 is 5.32 Å². The fourth-order valence-corrected chi connectivity index (χ4v) is 1.44. The first-order valence-electron chi connectivity index (χ1n) is 5.16. The van der Waals surface area contributed by atoms with Gasteiger partial charge in [0.25, 0.3) is 0 Å². The molecule has 0 fully saturated rings. The molecule has 0 aliphatic rings. The van der Waals surface area contributed by atoms with Crippen LogP contribution in [0.1, 0.15) is 17.5 Å². The second kappa shape index (κ2) is 5.68. The van der Waals surface area contributed by atoms with Gasteiger partial charge in [-0.05, 0) is 24.6 Å². The van der Waals surface area contributed by atoms with Crippen molar-refractivity contribution in [2.24, 2.45) is 0 Å². The topological polar surface area (TPSA) is 110 Å². The van der Waals surface area contributed by atoms with Gasteiger partial charge in [0, 0.05) is 0 Å². The van der Waals surface area contributed by atoms with E-state index >= 15 is 0 Å². The van der Waals surface area contributed by atoms with Gasteiger partial charge in [-0.3, -0.25) is 4.79 Å². The average molecular weight is 248 g/mol. The van der Waals surface area contributed by atoms with Crippen molar-refractivity contribution in [2.75, 3.05) is 5.32 Å². The van der Waals surface area contributed by atoms with E-state index in [0.29, 0.717) is 5.69 Å². The molecule has 0 radical (unpaired) electrons. The van der Waals surface area contributed by atoms with E-state index in [2.05, 4.69) is 5.32 Å². The Bertz CT molecular complexity index is 519. The van der Waals surface area contributed by atoms with Gasteiger partial charge < -0.3 is 15.5 Å².